The van der Waals surface area contributed by atoms with E-state index in [0.29, 0.717) is 6.54 Å². The summed E-state index contributed by atoms with van der Waals surface area (Å²) in [5.74, 6) is 0.258. The first kappa shape index (κ1) is 13.3. The summed E-state index contributed by atoms with van der Waals surface area (Å²) in [5.41, 5.74) is 2.53. The Morgan fingerprint density at radius 3 is 2.86 bits per heavy atom. The Morgan fingerprint density at radius 2 is 2.14 bits per heavy atom. The SMILES string of the molecule is O=C(Oc1ccc([N+](=O)[O-])cc1)N1C=Cc2ncsc2C1. The van der Waals surface area contributed by atoms with Crippen molar-refractivity contribution in [3.05, 3.63) is 56.7 Å². The van der Waals surface area contributed by atoms with Gasteiger partial charge in [0, 0.05) is 18.3 Å². The minimum absolute atomic E-state index is 0.0537. The molecular formula is C13H9N3O4S. The molecule has 1 aliphatic heterocycles. The van der Waals surface area contributed by atoms with Gasteiger partial charge in [-0.1, -0.05) is 0 Å². The Hall–Kier alpha value is -2.74. The number of carbonyl (C=O) groups is 1. The Bertz CT molecular complexity index is 723. The summed E-state index contributed by atoms with van der Waals surface area (Å²) in [6.45, 7) is 0.405. The summed E-state index contributed by atoms with van der Waals surface area (Å²) in [7, 11) is 0. The van der Waals surface area contributed by atoms with E-state index in [4.69, 9.17) is 4.74 Å². The molecule has 0 N–H and O–H groups in total. The van der Waals surface area contributed by atoms with Gasteiger partial charge in [-0.3, -0.25) is 15.0 Å². The van der Waals surface area contributed by atoms with Gasteiger partial charge in [-0.15, -0.1) is 11.3 Å². The van der Waals surface area contributed by atoms with Crippen molar-refractivity contribution < 1.29 is 14.5 Å². The van der Waals surface area contributed by atoms with Gasteiger partial charge in [-0.2, -0.15) is 0 Å². The molecular weight excluding hydrogens is 294 g/mol. The molecule has 0 aliphatic carbocycles. The summed E-state index contributed by atoms with van der Waals surface area (Å²) in [4.78, 5) is 28.6. The number of amides is 1. The minimum atomic E-state index is -0.542. The first-order valence-electron chi connectivity index (χ1n) is 5.97. The van der Waals surface area contributed by atoms with Crippen LogP contribution < -0.4 is 4.74 Å². The highest BCUT2D eigenvalue weighted by molar-refractivity contribution is 7.09. The smallest absolute Gasteiger partial charge is 0.410 e. The number of ether oxygens (including phenoxy) is 1. The van der Waals surface area contributed by atoms with Gasteiger partial charge >= 0.3 is 6.09 Å². The van der Waals surface area contributed by atoms with Crippen LogP contribution in [-0.2, 0) is 6.54 Å². The van der Waals surface area contributed by atoms with Crippen molar-refractivity contribution in [2.45, 2.75) is 6.54 Å². The molecule has 3 rings (SSSR count). The lowest BCUT2D eigenvalue weighted by molar-refractivity contribution is -0.384. The van der Waals surface area contributed by atoms with Crippen LogP contribution in [0.5, 0.6) is 5.75 Å². The highest BCUT2D eigenvalue weighted by Crippen LogP contribution is 2.24. The summed E-state index contributed by atoms with van der Waals surface area (Å²) in [6, 6.07) is 5.36. The molecule has 0 spiro atoms. The zero-order chi connectivity index (χ0) is 14.8. The first-order valence-corrected chi connectivity index (χ1v) is 6.85. The summed E-state index contributed by atoms with van der Waals surface area (Å²) < 4.78 is 5.18. The highest BCUT2D eigenvalue weighted by Gasteiger charge is 2.20. The number of nitro groups is 1. The zero-order valence-corrected chi connectivity index (χ0v) is 11.4. The molecule has 21 heavy (non-hydrogen) atoms. The molecule has 0 unspecified atom stereocenters. The van der Waals surface area contributed by atoms with Crippen molar-refractivity contribution in [3.63, 3.8) is 0 Å². The van der Waals surface area contributed by atoms with Crippen LogP contribution in [0.25, 0.3) is 6.08 Å². The fourth-order valence-corrected chi connectivity index (χ4v) is 2.57. The standard InChI is InChI=1S/C13H9N3O4S/c17-13(15-6-5-11-12(7-15)21-8-14-11)20-10-3-1-9(2-4-10)16(18)19/h1-6,8H,7H2. The van der Waals surface area contributed by atoms with E-state index in [2.05, 4.69) is 4.98 Å². The summed E-state index contributed by atoms with van der Waals surface area (Å²) in [5, 5.41) is 10.5. The van der Waals surface area contributed by atoms with Crippen LogP contribution in [0.3, 0.4) is 0 Å². The van der Waals surface area contributed by atoms with Crippen molar-refractivity contribution in [1.29, 1.82) is 0 Å². The first-order chi connectivity index (χ1) is 10.1. The fraction of sp³-hybridized carbons (Fsp3) is 0.0769. The molecule has 8 heteroatoms. The van der Waals surface area contributed by atoms with Gasteiger partial charge in [0.1, 0.15) is 5.75 Å². The largest absolute Gasteiger partial charge is 0.419 e. The van der Waals surface area contributed by atoms with Gasteiger partial charge < -0.3 is 4.74 Å². The second-order valence-electron chi connectivity index (χ2n) is 4.22. The maximum Gasteiger partial charge on any atom is 0.419 e. The van der Waals surface area contributed by atoms with Crippen LogP contribution in [0.2, 0.25) is 0 Å². The third-order valence-corrected chi connectivity index (χ3v) is 3.72. The molecule has 1 aromatic carbocycles. The number of fused-ring (bicyclic) bond motifs is 1. The fourth-order valence-electron chi connectivity index (χ4n) is 1.82. The van der Waals surface area contributed by atoms with Crippen LogP contribution in [0, 0.1) is 10.1 Å². The topological polar surface area (TPSA) is 85.6 Å². The van der Waals surface area contributed by atoms with Crippen molar-refractivity contribution in [2.75, 3.05) is 0 Å². The van der Waals surface area contributed by atoms with Gasteiger partial charge in [0.2, 0.25) is 0 Å². The highest BCUT2D eigenvalue weighted by atomic mass is 32.1. The average molecular weight is 303 g/mol. The van der Waals surface area contributed by atoms with Gasteiger partial charge in [0.15, 0.2) is 0 Å². The van der Waals surface area contributed by atoms with Crippen LogP contribution >= 0.6 is 11.3 Å². The number of non-ortho nitro benzene ring substituents is 1. The normalized spacial score (nSPS) is 12.9. The van der Waals surface area contributed by atoms with Crippen LogP contribution in [0.15, 0.2) is 36.0 Å². The number of aromatic nitrogens is 1. The number of hydrogen-bond donors (Lipinski definition) is 0. The lowest BCUT2D eigenvalue weighted by Gasteiger charge is -2.20. The molecule has 0 saturated heterocycles. The third kappa shape index (κ3) is 2.75. The Labute approximate surface area is 123 Å². The zero-order valence-electron chi connectivity index (χ0n) is 10.6. The van der Waals surface area contributed by atoms with E-state index in [1.165, 1.54) is 40.5 Å². The molecule has 0 saturated carbocycles. The quantitative estimate of drug-likeness (QED) is 0.628. The Kier molecular flexibility index (Phi) is 3.36. The molecule has 2 aromatic rings. The number of thiazole rings is 1. The molecule has 106 valence electrons. The lowest BCUT2D eigenvalue weighted by Crippen LogP contribution is -2.29. The molecule has 7 nitrogen and oxygen atoms in total. The number of rotatable bonds is 2. The van der Waals surface area contributed by atoms with Gasteiger partial charge in [-0.25, -0.2) is 9.78 Å². The van der Waals surface area contributed by atoms with E-state index < -0.39 is 11.0 Å². The van der Waals surface area contributed by atoms with Crippen LogP contribution in [0.4, 0.5) is 10.5 Å². The number of carbonyl (C=O) groups excluding carboxylic acids is 1. The molecule has 1 amide bonds. The molecule has 2 heterocycles. The van der Waals surface area contributed by atoms with E-state index in [9.17, 15) is 14.9 Å². The van der Waals surface area contributed by atoms with Crippen LogP contribution in [0.1, 0.15) is 10.6 Å². The second-order valence-corrected chi connectivity index (χ2v) is 5.16. The van der Waals surface area contributed by atoms with Crippen molar-refractivity contribution in [2.24, 2.45) is 0 Å². The van der Waals surface area contributed by atoms with Gasteiger partial charge in [0.05, 0.1) is 27.5 Å². The number of hydrogen-bond acceptors (Lipinski definition) is 6. The van der Waals surface area contributed by atoms with E-state index >= 15 is 0 Å². The predicted octanol–water partition coefficient (Wildman–Crippen LogP) is 3.04. The predicted molar refractivity (Wildman–Crippen MR) is 75.8 cm³/mol. The van der Waals surface area contributed by atoms with E-state index in [1.54, 1.807) is 17.8 Å². The lowest BCUT2D eigenvalue weighted by atomic mass is 10.3. The molecule has 0 atom stereocenters. The Balaban J connectivity index is 1.68. The monoisotopic (exact) mass is 303 g/mol. The van der Waals surface area contributed by atoms with Gasteiger partial charge in [-0.05, 0) is 18.2 Å². The summed E-state index contributed by atoms with van der Waals surface area (Å²) >= 11 is 1.47. The summed E-state index contributed by atoms with van der Waals surface area (Å²) in [6.07, 6.45) is 2.81. The molecule has 1 aromatic heterocycles. The number of nitro benzene ring substituents is 1. The van der Waals surface area contributed by atoms with Crippen molar-refractivity contribution in [1.82, 2.24) is 9.88 Å². The maximum absolute atomic E-state index is 12.0. The van der Waals surface area contributed by atoms with E-state index in [1.807, 2.05) is 0 Å². The van der Waals surface area contributed by atoms with Crippen molar-refractivity contribution >= 4 is 29.2 Å². The minimum Gasteiger partial charge on any atom is -0.410 e. The van der Waals surface area contributed by atoms with E-state index in [-0.39, 0.29) is 11.4 Å². The average Bonchev–Trinajstić information content (AvgIpc) is 2.95. The van der Waals surface area contributed by atoms with E-state index in [0.717, 1.165) is 10.6 Å². The maximum atomic E-state index is 12.0. The molecule has 0 radical (unpaired) electrons. The molecule has 1 aliphatic rings. The Morgan fingerprint density at radius 1 is 1.38 bits per heavy atom. The number of benzene rings is 1. The van der Waals surface area contributed by atoms with Crippen molar-refractivity contribution in [3.8, 4) is 5.75 Å². The molecule has 0 bridgehead atoms. The second kappa shape index (κ2) is 5.33. The van der Waals surface area contributed by atoms with Gasteiger partial charge in [0.25, 0.3) is 5.69 Å². The molecule has 0 fully saturated rings. The number of nitrogens with zero attached hydrogens (tertiary/aromatic N) is 3. The third-order valence-electron chi connectivity index (χ3n) is 2.89. The van der Waals surface area contributed by atoms with Crippen LogP contribution in [-0.4, -0.2) is 20.9 Å².